The monoisotopic (exact) mass is 559 g/mol. The Hall–Kier alpha value is -3.04. The Bertz CT molecular complexity index is 1480. The number of ether oxygens (including phenoxy) is 3. The third-order valence-electron chi connectivity index (χ3n) is 10.7. The molecule has 41 heavy (non-hydrogen) atoms. The Labute approximate surface area is 239 Å². The first-order valence-electron chi connectivity index (χ1n) is 14.7. The second kappa shape index (κ2) is 9.76. The number of nitrogens with zero attached hydrogens (tertiary/aromatic N) is 1. The van der Waals surface area contributed by atoms with Gasteiger partial charge >= 0.3 is 5.63 Å². The van der Waals surface area contributed by atoms with Gasteiger partial charge in [-0.15, -0.1) is 0 Å². The molecule has 216 valence electrons. The summed E-state index contributed by atoms with van der Waals surface area (Å²) in [5, 5.41) is 23.7. The number of fused-ring (bicyclic) bond motifs is 5. The average molecular weight is 560 g/mol. The lowest BCUT2D eigenvalue weighted by molar-refractivity contribution is -0.253. The molecular weight excluding hydrogens is 522 g/mol. The van der Waals surface area contributed by atoms with Crippen LogP contribution in [0, 0.1) is 29.1 Å². The summed E-state index contributed by atoms with van der Waals surface area (Å²) < 4.78 is 25.1. The van der Waals surface area contributed by atoms with Crippen LogP contribution in [0.25, 0.3) is 11.3 Å². The van der Waals surface area contributed by atoms with E-state index in [2.05, 4.69) is 18.8 Å². The van der Waals surface area contributed by atoms with Crippen molar-refractivity contribution >= 4 is 0 Å². The topological polar surface area (TPSA) is 111 Å². The van der Waals surface area contributed by atoms with Crippen LogP contribution < -0.4 is 10.4 Å². The van der Waals surface area contributed by atoms with Gasteiger partial charge in [0.05, 0.1) is 24.9 Å². The molecule has 2 aliphatic carbocycles. The zero-order valence-electron chi connectivity index (χ0n) is 23.6. The Kier molecular flexibility index (Phi) is 6.39. The van der Waals surface area contributed by atoms with E-state index in [1.54, 1.807) is 30.6 Å². The summed E-state index contributed by atoms with van der Waals surface area (Å²) in [6.07, 6.45) is 2.88. The van der Waals surface area contributed by atoms with Crippen LogP contribution in [0.5, 0.6) is 5.75 Å². The van der Waals surface area contributed by atoms with Crippen molar-refractivity contribution in [3.63, 3.8) is 0 Å². The van der Waals surface area contributed by atoms with Gasteiger partial charge < -0.3 is 28.8 Å². The smallest absolute Gasteiger partial charge is 0.345 e. The van der Waals surface area contributed by atoms with Crippen molar-refractivity contribution in [3.8, 4) is 17.1 Å². The molecular formula is C33H37NO7. The lowest BCUT2D eigenvalue weighted by Gasteiger charge is -2.61. The highest BCUT2D eigenvalue weighted by Crippen LogP contribution is 2.64. The van der Waals surface area contributed by atoms with Crippen molar-refractivity contribution in [2.75, 3.05) is 6.61 Å². The van der Waals surface area contributed by atoms with Gasteiger partial charge in [0.2, 0.25) is 0 Å². The van der Waals surface area contributed by atoms with Crippen molar-refractivity contribution < 1.29 is 28.8 Å². The SMILES string of the molecule is CC1C2COC(c3ccccc3)O[C@H]2CC[C@@]2(C)C1C[C@H](O)[C@@]1(C)Oc3cc(-c4cccnc4)oc(=O)c3[C@H](O)C21. The van der Waals surface area contributed by atoms with Gasteiger partial charge in [-0.05, 0) is 55.6 Å². The normalized spacial score (nSPS) is 39.7. The van der Waals surface area contributed by atoms with Crippen LogP contribution in [-0.4, -0.2) is 39.6 Å². The highest BCUT2D eigenvalue weighted by molar-refractivity contribution is 5.59. The third kappa shape index (κ3) is 4.10. The quantitative estimate of drug-likeness (QED) is 0.449. The molecule has 2 aromatic heterocycles. The lowest BCUT2D eigenvalue weighted by Crippen LogP contribution is -2.67. The summed E-state index contributed by atoms with van der Waals surface area (Å²) in [6, 6.07) is 15.2. The standard InChI is InChI=1S/C33H37NO7/c1-18-21-17-38-31(19-8-5-4-6-9-19)40-23(21)11-12-32(2)22(18)14-26(35)33(3)29(32)28(36)27-25(41-33)15-24(39-30(27)37)20-10-7-13-34-16-20/h4-10,13,15-16,18,21-23,26,28-29,31,35-36H,11-12,14,17H2,1-3H3/t18?,21?,22?,23-,26-,28-,29?,31?,32-,33+/m0/s1. The first-order valence-corrected chi connectivity index (χ1v) is 14.7. The number of pyridine rings is 1. The molecule has 5 unspecified atom stereocenters. The predicted octanol–water partition coefficient (Wildman–Crippen LogP) is 5.05. The summed E-state index contributed by atoms with van der Waals surface area (Å²) in [4.78, 5) is 17.5. The Morgan fingerprint density at radius 1 is 1.07 bits per heavy atom. The van der Waals surface area contributed by atoms with E-state index in [1.165, 1.54) is 0 Å². The van der Waals surface area contributed by atoms with E-state index in [1.807, 2.05) is 37.3 Å². The molecule has 3 fully saturated rings. The largest absolute Gasteiger partial charge is 0.484 e. The van der Waals surface area contributed by atoms with E-state index in [0.717, 1.165) is 18.4 Å². The maximum Gasteiger partial charge on any atom is 0.345 e. The fourth-order valence-electron chi connectivity index (χ4n) is 8.60. The summed E-state index contributed by atoms with van der Waals surface area (Å²) in [5.41, 5.74) is -0.426. The van der Waals surface area contributed by atoms with E-state index < -0.39 is 41.1 Å². The molecule has 10 atom stereocenters. The molecule has 1 aromatic carbocycles. The van der Waals surface area contributed by atoms with E-state index >= 15 is 0 Å². The molecule has 2 N–H and O–H groups in total. The first-order chi connectivity index (χ1) is 19.7. The molecule has 4 heterocycles. The maximum atomic E-state index is 13.4. The van der Waals surface area contributed by atoms with Gasteiger partial charge in [0.1, 0.15) is 22.7 Å². The van der Waals surface area contributed by atoms with Crippen molar-refractivity contribution in [2.24, 2.45) is 29.1 Å². The predicted molar refractivity (Wildman–Crippen MR) is 150 cm³/mol. The number of aliphatic hydroxyl groups excluding tert-OH is 2. The van der Waals surface area contributed by atoms with Crippen molar-refractivity contribution in [1.29, 1.82) is 0 Å². The Morgan fingerprint density at radius 3 is 2.63 bits per heavy atom. The summed E-state index contributed by atoms with van der Waals surface area (Å²) in [6.45, 7) is 6.86. The van der Waals surface area contributed by atoms with E-state index in [-0.39, 0.29) is 35.2 Å². The van der Waals surface area contributed by atoms with Crippen molar-refractivity contribution in [1.82, 2.24) is 4.98 Å². The number of benzene rings is 1. The van der Waals surface area contributed by atoms with Crippen LogP contribution in [0.1, 0.15) is 63.6 Å². The van der Waals surface area contributed by atoms with Gasteiger partial charge in [-0.2, -0.15) is 0 Å². The summed E-state index contributed by atoms with van der Waals surface area (Å²) in [5.74, 6) is 0.401. The van der Waals surface area contributed by atoms with Gasteiger partial charge in [0, 0.05) is 41.4 Å². The number of aliphatic hydroxyl groups is 2. The molecule has 0 radical (unpaired) electrons. The minimum Gasteiger partial charge on any atom is -0.484 e. The highest BCUT2D eigenvalue weighted by atomic mass is 16.7. The lowest BCUT2D eigenvalue weighted by atomic mass is 9.49. The molecule has 0 amide bonds. The number of rotatable bonds is 2. The Balaban J connectivity index is 1.25. The average Bonchev–Trinajstić information content (AvgIpc) is 3.08. The van der Waals surface area contributed by atoms with Gasteiger partial charge in [0.25, 0.3) is 0 Å². The van der Waals surface area contributed by atoms with Crippen LogP contribution in [0.15, 0.2) is 70.1 Å². The second-order valence-corrected chi connectivity index (χ2v) is 12.8. The van der Waals surface area contributed by atoms with Crippen LogP contribution in [0.2, 0.25) is 0 Å². The van der Waals surface area contributed by atoms with E-state index in [9.17, 15) is 15.0 Å². The second-order valence-electron chi connectivity index (χ2n) is 12.8. The van der Waals surface area contributed by atoms with Crippen LogP contribution in [0.4, 0.5) is 0 Å². The molecule has 8 nitrogen and oxygen atoms in total. The van der Waals surface area contributed by atoms with Crippen molar-refractivity contribution in [2.45, 2.75) is 70.2 Å². The maximum absolute atomic E-state index is 13.4. The Morgan fingerprint density at radius 2 is 1.88 bits per heavy atom. The number of hydrogen-bond acceptors (Lipinski definition) is 8. The molecule has 1 saturated heterocycles. The molecule has 0 bridgehead atoms. The van der Waals surface area contributed by atoms with E-state index in [0.29, 0.717) is 24.4 Å². The van der Waals surface area contributed by atoms with Gasteiger partial charge in [-0.3, -0.25) is 4.98 Å². The van der Waals surface area contributed by atoms with Crippen LogP contribution >= 0.6 is 0 Å². The minimum atomic E-state index is -1.16. The molecule has 4 aliphatic rings. The molecule has 2 saturated carbocycles. The fourth-order valence-corrected chi connectivity index (χ4v) is 8.60. The fraction of sp³-hybridized carbons (Fsp3) is 0.515. The third-order valence-corrected chi connectivity index (χ3v) is 10.7. The molecule has 3 aromatic rings. The summed E-state index contributed by atoms with van der Waals surface area (Å²) >= 11 is 0. The van der Waals surface area contributed by atoms with Gasteiger partial charge in [-0.25, -0.2) is 4.79 Å². The highest BCUT2D eigenvalue weighted by Gasteiger charge is 2.66. The molecule has 0 spiro atoms. The molecule has 8 heteroatoms. The van der Waals surface area contributed by atoms with E-state index in [4.69, 9.17) is 18.6 Å². The summed E-state index contributed by atoms with van der Waals surface area (Å²) in [7, 11) is 0. The number of hydrogen-bond donors (Lipinski definition) is 2. The minimum absolute atomic E-state index is 0.0178. The first kappa shape index (κ1) is 26.8. The van der Waals surface area contributed by atoms with Crippen molar-refractivity contribution in [3.05, 3.63) is 82.5 Å². The van der Waals surface area contributed by atoms with Gasteiger partial charge in [0.15, 0.2) is 6.29 Å². The van der Waals surface area contributed by atoms with Gasteiger partial charge in [-0.1, -0.05) is 44.2 Å². The van der Waals surface area contributed by atoms with Crippen LogP contribution in [0.3, 0.4) is 0 Å². The van der Waals surface area contributed by atoms with Crippen LogP contribution in [-0.2, 0) is 9.47 Å². The zero-order chi connectivity index (χ0) is 28.5. The zero-order valence-corrected chi connectivity index (χ0v) is 23.6. The molecule has 7 rings (SSSR count). The molecule has 2 aliphatic heterocycles. The number of aromatic nitrogens is 1.